The van der Waals surface area contributed by atoms with Crippen molar-refractivity contribution in [1.29, 1.82) is 0 Å². The van der Waals surface area contributed by atoms with E-state index in [2.05, 4.69) is 56.6 Å². The van der Waals surface area contributed by atoms with Crippen LogP contribution in [0, 0.1) is 0 Å². The van der Waals surface area contributed by atoms with Crippen molar-refractivity contribution in [2.45, 2.75) is 82.3 Å². The number of nitrogens with zero attached hydrogens (tertiary/aromatic N) is 1. The molecule has 1 aromatic rings. The highest BCUT2D eigenvalue weighted by Gasteiger charge is 2.39. The molecule has 1 N–H and O–H groups in total. The molecule has 0 aliphatic heterocycles. The number of aromatic nitrogens is 1. The van der Waals surface area contributed by atoms with E-state index in [1.165, 1.54) is 0 Å². The minimum absolute atomic E-state index is 0.135. The number of nitrogens with one attached hydrogen (secondary N) is 1. The lowest BCUT2D eigenvalue weighted by Crippen LogP contribution is -2.46. The highest BCUT2D eigenvalue weighted by Crippen LogP contribution is 2.37. The summed E-state index contributed by atoms with van der Waals surface area (Å²) in [6, 6.07) is 3.91. The Morgan fingerprint density at radius 2 is 1.85 bits per heavy atom. The fourth-order valence-corrected chi connectivity index (χ4v) is 4.29. The van der Waals surface area contributed by atoms with E-state index in [-0.39, 0.29) is 15.8 Å². The van der Waals surface area contributed by atoms with Gasteiger partial charge in [0.15, 0.2) is 8.32 Å². The van der Waals surface area contributed by atoms with Crippen LogP contribution >= 0.6 is 11.8 Å². The van der Waals surface area contributed by atoms with Gasteiger partial charge < -0.3 is 8.98 Å². The SMILES string of the molecule is CCSc1ccc([C@@H](CO[Si](C)(C)C(C)(C)C)N[S@@+]([O-])C(C)(C)C)nc1. The van der Waals surface area contributed by atoms with Crippen molar-refractivity contribution < 1.29 is 8.98 Å². The third-order valence-electron chi connectivity index (χ3n) is 4.65. The highest BCUT2D eigenvalue weighted by molar-refractivity contribution is 7.99. The first kappa shape index (κ1) is 24.0. The normalized spacial score (nSPS) is 15.8. The number of hydrogen-bond acceptors (Lipinski definition) is 5. The number of rotatable bonds is 8. The zero-order chi connectivity index (χ0) is 20.2. The van der Waals surface area contributed by atoms with E-state index in [1.54, 1.807) is 11.8 Å². The predicted octanol–water partition coefficient (Wildman–Crippen LogP) is 5.31. The van der Waals surface area contributed by atoms with Gasteiger partial charge in [-0.25, -0.2) is 0 Å². The summed E-state index contributed by atoms with van der Waals surface area (Å²) < 4.78 is 22.0. The van der Waals surface area contributed by atoms with E-state index in [9.17, 15) is 4.55 Å². The Labute approximate surface area is 168 Å². The Bertz CT molecular complexity index is 554. The Hall–Kier alpha value is -0.0531. The summed E-state index contributed by atoms with van der Waals surface area (Å²) in [6.07, 6.45) is 1.89. The third-order valence-corrected chi connectivity index (χ3v) is 11.6. The quantitative estimate of drug-likeness (QED) is 0.353. The first-order valence-electron chi connectivity index (χ1n) is 9.18. The molecule has 0 bridgehead atoms. The molecule has 0 saturated carbocycles. The molecule has 0 aliphatic rings. The van der Waals surface area contributed by atoms with Crippen LogP contribution < -0.4 is 4.72 Å². The predicted molar refractivity (Wildman–Crippen MR) is 118 cm³/mol. The molecule has 2 atom stereocenters. The van der Waals surface area contributed by atoms with E-state index in [1.807, 2.05) is 33.0 Å². The van der Waals surface area contributed by atoms with Gasteiger partial charge in [-0.3, -0.25) is 4.98 Å². The van der Waals surface area contributed by atoms with Crippen LogP contribution in [0.2, 0.25) is 18.1 Å². The molecule has 1 aromatic heterocycles. The Balaban J connectivity index is 2.98. The molecule has 1 rings (SSSR count). The smallest absolute Gasteiger partial charge is 0.192 e. The zero-order valence-electron chi connectivity index (χ0n) is 17.8. The topological polar surface area (TPSA) is 57.2 Å². The van der Waals surface area contributed by atoms with Gasteiger partial charge >= 0.3 is 0 Å². The third kappa shape index (κ3) is 7.17. The fourth-order valence-electron chi connectivity index (χ4n) is 1.84. The van der Waals surface area contributed by atoms with Crippen LogP contribution in [0.15, 0.2) is 23.2 Å². The fraction of sp³-hybridized carbons (Fsp3) is 0.737. The molecule has 0 radical (unpaired) electrons. The van der Waals surface area contributed by atoms with E-state index < -0.39 is 19.7 Å². The summed E-state index contributed by atoms with van der Waals surface area (Å²) in [6.45, 7) is 19.7. The van der Waals surface area contributed by atoms with Gasteiger partial charge in [0.05, 0.1) is 12.3 Å². The monoisotopic (exact) mass is 416 g/mol. The molecule has 0 saturated heterocycles. The van der Waals surface area contributed by atoms with E-state index in [0.29, 0.717) is 6.61 Å². The number of pyridine rings is 1. The van der Waals surface area contributed by atoms with E-state index >= 15 is 0 Å². The van der Waals surface area contributed by atoms with Gasteiger partial charge in [0.25, 0.3) is 0 Å². The Kier molecular flexibility index (Phi) is 8.70. The molecule has 0 unspecified atom stereocenters. The average molecular weight is 417 g/mol. The van der Waals surface area contributed by atoms with Crippen LogP contribution in [0.1, 0.15) is 60.2 Å². The number of hydrogen-bond donors (Lipinski definition) is 1. The molecular weight excluding hydrogens is 380 g/mol. The van der Waals surface area contributed by atoms with Gasteiger partial charge in [-0.2, -0.15) is 0 Å². The molecule has 0 amide bonds. The van der Waals surface area contributed by atoms with Gasteiger partial charge in [0.2, 0.25) is 0 Å². The maximum atomic E-state index is 12.7. The lowest BCUT2D eigenvalue weighted by molar-refractivity contribution is 0.254. The number of thioether (sulfide) groups is 1. The van der Waals surface area contributed by atoms with Crippen molar-refractivity contribution >= 4 is 31.4 Å². The van der Waals surface area contributed by atoms with Crippen molar-refractivity contribution in [2.75, 3.05) is 12.4 Å². The average Bonchev–Trinajstić information content (AvgIpc) is 2.50. The first-order chi connectivity index (χ1) is 11.8. The maximum absolute atomic E-state index is 12.7. The summed E-state index contributed by atoms with van der Waals surface area (Å²) in [4.78, 5) is 5.76. The van der Waals surface area contributed by atoms with Crippen LogP contribution in [0.3, 0.4) is 0 Å². The summed E-state index contributed by atoms with van der Waals surface area (Å²) in [7, 11) is -1.89. The molecule has 0 spiro atoms. The molecule has 0 aromatic carbocycles. The molecule has 7 heteroatoms. The van der Waals surface area contributed by atoms with Crippen molar-refractivity contribution in [1.82, 2.24) is 9.71 Å². The van der Waals surface area contributed by atoms with Crippen molar-refractivity contribution in [3.05, 3.63) is 24.0 Å². The van der Waals surface area contributed by atoms with Crippen LogP contribution in [-0.2, 0) is 15.8 Å². The Morgan fingerprint density at radius 3 is 2.27 bits per heavy atom. The Morgan fingerprint density at radius 1 is 1.23 bits per heavy atom. The molecule has 26 heavy (non-hydrogen) atoms. The van der Waals surface area contributed by atoms with Crippen LogP contribution in [0.5, 0.6) is 0 Å². The molecule has 4 nitrogen and oxygen atoms in total. The molecule has 0 fully saturated rings. The second kappa shape index (κ2) is 9.43. The van der Waals surface area contributed by atoms with E-state index in [0.717, 1.165) is 16.3 Å². The van der Waals surface area contributed by atoms with Gasteiger partial charge in [-0.05, 0) is 56.8 Å². The minimum atomic E-state index is -1.89. The molecule has 0 aliphatic carbocycles. The van der Waals surface area contributed by atoms with Crippen molar-refractivity contribution in [3.63, 3.8) is 0 Å². The second-order valence-corrected chi connectivity index (χ2v) is 17.1. The lowest BCUT2D eigenvalue weighted by atomic mass is 10.2. The summed E-state index contributed by atoms with van der Waals surface area (Å²) in [5, 5.41) is 0.135. The summed E-state index contributed by atoms with van der Waals surface area (Å²) in [5.74, 6) is 1.02. The van der Waals surface area contributed by atoms with Crippen molar-refractivity contribution in [2.24, 2.45) is 0 Å². The highest BCUT2D eigenvalue weighted by atomic mass is 32.2. The van der Waals surface area contributed by atoms with Crippen molar-refractivity contribution in [3.8, 4) is 0 Å². The van der Waals surface area contributed by atoms with Crippen LogP contribution in [0.4, 0.5) is 0 Å². The first-order valence-corrected chi connectivity index (χ1v) is 14.2. The summed E-state index contributed by atoms with van der Waals surface area (Å²) >= 11 is 0.582. The van der Waals surface area contributed by atoms with Crippen LogP contribution in [0.25, 0.3) is 0 Å². The van der Waals surface area contributed by atoms with Gasteiger partial charge in [0, 0.05) is 22.5 Å². The maximum Gasteiger partial charge on any atom is 0.192 e. The zero-order valence-corrected chi connectivity index (χ0v) is 20.4. The van der Waals surface area contributed by atoms with Crippen LogP contribution in [-0.4, -0.2) is 35.0 Å². The van der Waals surface area contributed by atoms with Gasteiger partial charge in [-0.15, -0.1) is 16.5 Å². The van der Waals surface area contributed by atoms with Gasteiger partial charge in [-0.1, -0.05) is 27.7 Å². The molecular formula is C19H36N2O2S2Si. The van der Waals surface area contributed by atoms with E-state index in [4.69, 9.17) is 4.43 Å². The largest absolute Gasteiger partial charge is 0.598 e. The summed E-state index contributed by atoms with van der Waals surface area (Å²) in [5.41, 5.74) is 0.877. The standard InChI is InChI=1S/C19H36N2O2S2Si/c1-10-24-15-11-12-16(20-13-15)17(21-25(22)18(2,3)4)14-23-26(8,9)19(5,6)7/h11-13,17,21H,10,14H2,1-9H3/t17-,25+/m1/s1. The molecule has 1 heterocycles. The molecule has 150 valence electrons. The lowest BCUT2D eigenvalue weighted by Gasteiger charge is -2.37. The second-order valence-electron chi connectivity index (χ2n) is 8.97. The van der Waals surface area contributed by atoms with Gasteiger partial charge in [0.1, 0.15) is 10.8 Å². The minimum Gasteiger partial charge on any atom is -0.598 e.